The lowest BCUT2D eigenvalue weighted by atomic mass is 10.2. The molecule has 0 amide bonds. The van der Waals surface area contributed by atoms with Crippen LogP contribution in [0.25, 0.3) is 16.1 Å². The normalized spacial score (nSPS) is 16.7. The highest BCUT2D eigenvalue weighted by Crippen LogP contribution is 2.33. The summed E-state index contributed by atoms with van der Waals surface area (Å²) in [5, 5.41) is 10.5. The summed E-state index contributed by atoms with van der Waals surface area (Å²) in [6, 6.07) is 9.87. The van der Waals surface area contributed by atoms with Gasteiger partial charge < -0.3 is 10.2 Å². The summed E-state index contributed by atoms with van der Waals surface area (Å²) in [6.07, 6.45) is -2.80. The molecule has 1 saturated heterocycles. The molecule has 1 aromatic heterocycles. The molecular formula is C22H27F3N4O2S2. The van der Waals surface area contributed by atoms with E-state index < -0.39 is 21.7 Å². The van der Waals surface area contributed by atoms with E-state index >= 15 is 0 Å². The van der Waals surface area contributed by atoms with Crippen LogP contribution >= 0.6 is 11.3 Å². The number of halogens is 3. The minimum Gasteiger partial charge on any atom is -0.383 e. The first-order valence-corrected chi connectivity index (χ1v) is 13.1. The van der Waals surface area contributed by atoms with Crippen LogP contribution in [0.1, 0.15) is 4.88 Å². The van der Waals surface area contributed by atoms with E-state index in [-0.39, 0.29) is 10.6 Å². The van der Waals surface area contributed by atoms with E-state index in [4.69, 9.17) is 5.41 Å². The maximum absolute atomic E-state index is 13.0. The summed E-state index contributed by atoms with van der Waals surface area (Å²) in [5.41, 5.74) is -0.544. The van der Waals surface area contributed by atoms with Gasteiger partial charge in [-0.3, -0.25) is 10.3 Å². The summed E-state index contributed by atoms with van der Waals surface area (Å²) in [6.45, 7) is 4.81. The molecule has 0 radical (unpaired) electrons. The van der Waals surface area contributed by atoms with E-state index in [0.717, 1.165) is 43.4 Å². The lowest BCUT2D eigenvalue weighted by molar-refractivity contribution is -0.0584. The monoisotopic (exact) mass is 500 g/mol. The number of rotatable bonds is 8. The van der Waals surface area contributed by atoms with Gasteiger partial charge in [0.1, 0.15) is 5.71 Å². The summed E-state index contributed by atoms with van der Waals surface area (Å²) in [7, 11) is -1.33. The molecule has 2 N–H and O–H groups in total. The Morgan fingerprint density at radius 2 is 1.88 bits per heavy atom. The number of nitrogens with one attached hydrogen (secondary N) is 2. The van der Waals surface area contributed by atoms with Crippen molar-refractivity contribution < 1.29 is 21.6 Å². The molecule has 1 aliphatic heterocycles. The third kappa shape index (κ3) is 7.13. The van der Waals surface area contributed by atoms with Crippen molar-refractivity contribution >= 4 is 32.6 Å². The van der Waals surface area contributed by atoms with Gasteiger partial charge in [-0.1, -0.05) is 12.1 Å². The minimum atomic E-state index is -4.74. The molecule has 3 rings (SSSR count). The summed E-state index contributed by atoms with van der Waals surface area (Å²) >= 11 is 1.24. The Labute approximate surface area is 196 Å². The first kappa shape index (κ1) is 25.4. The number of benzene rings is 1. The van der Waals surface area contributed by atoms with Crippen LogP contribution in [0.2, 0.25) is 0 Å². The van der Waals surface area contributed by atoms with Crippen molar-refractivity contribution in [1.29, 1.82) is 5.41 Å². The third-order valence-corrected chi connectivity index (χ3v) is 7.63. The van der Waals surface area contributed by atoms with Gasteiger partial charge in [-0.25, -0.2) is 8.42 Å². The molecule has 1 aliphatic rings. The van der Waals surface area contributed by atoms with Gasteiger partial charge in [-0.15, -0.1) is 11.3 Å². The summed E-state index contributed by atoms with van der Waals surface area (Å²) in [5.74, 6) is 0. The fraction of sp³-hybridized carbons (Fsp3) is 0.409. The van der Waals surface area contributed by atoms with Crippen molar-refractivity contribution in [3.8, 4) is 10.4 Å². The first-order chi connectivity index (χ1) is 15.4. The van der Waals surface area contributed by atoms with E-state index in [2.05, 4.69) is 22.2 Å². The van der Waals surface area contributed by atoms with E-state index in [1.165, 1.54) is 17.4 Å². The molecular weight excluding hydrogens is 473 g/mol. The van der Waals surface area contributed by atoms with Crippen molar-refractivity contribution in [2.24, 2.45) is 0 Å². The van der Waals surface area contributed by atoms with Crippen molar-refractivity contribution in [2.45, 2.75) is 11.1 Å². The number of hydrogen-bond donors (Lipinski definition) is 2. The Morgan fingerprint density at radius 3 is 2.52 bits per heavy atom. The number of alkyl halides is 3. The number of thiophene rings is 1. The second-order valence-electron chi connectivity index (χ2n) is 8.01. The van der Waals surface area contributed by atoms with Gasteiger partial charge >= 0.3 is 6.18 Å². The van der Waals surface area contributed by atoms with Gasteiger partial charge in [0.05, 0.1) is 15.5 Å². The fourth-order valence-corrected chi connectivity index (χ4v) is 5.04. The van der Waals surface area contributed by atoms with Crippen LogP contribution in [-0.4, -0.2) is 82.7 Å². The first-order valence-electron chi connectivity index (χ1n) is 10.4. The van der Waals surface area contributed by atoms with Gasteiger partial charge in [0, 0.05) is 50.4 Å². The van der Waals surface area contributed by atoms with Gasteiger partial charge in [-0.2, -0.15) is 13.2 Å². The average molecular weight is 501 g/mol. The van der Waals surface area contributed by atoms with E-state index in [9.17, 15) is 21.6 Å². The van der Waals surface area contributed by atoms with Crippen LogP contribution in [0.5, 0.6) is 0 Å². The number of sulfone groups is 1. The lowest BCUT2D eigenvalue weighted by Gasteiger charge is -2.32. The van der Waals surface area contributed by atoms with Crippen molar-refractivity contribution in [2.75, 3.05) is 52.6 Å². The largest absolute Gasteiger partial charge is 0.432 e. The number of allylic oxidation sites excluding steroid dienone is 1. The Balaban J connectivity index is 1.80. The molecule has 0 unspecified atom stereocenters. The molecule has 0 aliphatic carbocycles. The predicted octanol–water partition coefficient (Wildman–Crippen LogP) is 3.58. The van der Waals surface area contributed by atoms with E-state index in [1.54, 1.807) is 30.3 Å². The zero-order valence-electron chi connectivity index (χ0n) is 18.4. The SMILES string of the molecule is CN1CCN(CCN/C(=C\C(=N)C(F)(F)F)c2ccc(-c3cccc(S(C)(=O)=O)c3)s2)CC1. The standard InChI is InChI=1S/C22H27F3N4O2S2/c1-28-10-12-29(13-11-28)9-8-27-18(15-21(26)22(23,24)25)20-7-6-19(32-20)16-4-3-5-17(14-16)33(2,30)31/h3-7,14-15,26-27H,8-13H2,1-2H3/b18-15-,26-21?. The van der Waals surface area contributed by atoms with Crippen molar-refractivity contribution in [3.63, 3.8) is 0 Å². The topological polar surface area (TPSA) is 76.5 Å². The Hall–Kier alpha value is -2.21. The molecule has 0 atom stereocenters. The van der Waals surface area contributed by atoms with Crippen molar-refractivity contribution in [3.05, 3.63) is 47.4 Å². The molecule has 6 nitrogen and oxygen atoms in total. The molecule has 2 heterocycles. The van der Waals surface area contributed by atoms with Gasteiger partial charge in [0.25, 0.3) is 0 Å². The zero-order chi connectivity index (χ0) is 24.2. The van der Waals surface area contributed by atoms with E-state index in [1.807, 2.05) is 0 Å². The highest BCUT2D eigenvalue weighted by Gasteiger charge is 2.33. The highest BCUT2D eigenvalue weighted by molar-refractivity contribution is 7.90. The van der Waals surface area contributed by atoms with Gasteiger partial charge in [0.2, 0.25) is 0 Å². The van der Waals surface area contributed by atoms with Crippen LogP contribution in [0, 0.1) is 5.41 Å². The smallest absolute Gasteiger partial charge is 0.383 e. The molecule has 1 fully saturated rings. The number of likely N-dealkylation sites (N-methyl/N-ethyl adjacent to an activating group) is 1. The summed E-state index contributed by atoms with van der Waals surface area (Å²) in [4.78, 5) is 5.92. The van der Waals surface area contributed by atoms with Crippen molar-refractivity contribution in [1.82, 2.24) is 15.1 Å². The molecule has 11 heteroatoms. The average Bonchev–Trinajstić information content (AvgIpc) is 3.23. The molecule has 33 heavy (non-hydrogen) atoms. The maximum Gasteiger partial charge on any atom is 0.432 e. The lowest BCUT2D eigenvalue weighted by Crippen LogP contribution is -2.46. The van der Waals surface area contributed by atoms with Gasteiger partial charge in [-0.05, 0) is 43.0 Å². The fourth-order valence-electron chi connectivity index (χ4n) is 3.37. The van der Waals surface area contributed by atoms with Crippen LogP contribution in [-0.2, 0) is 9.84 Å². The Morgan fingerprint density at radius 1 is 1.18 bits per heavy atom. The molecule has 1 aromatic carbocycles. The Bertz CT molecular complexity index is 1120. The predicted molar refractivity (Wildman–Crippen MR) is 127 cm³/mol. The number of nitrogens with zero attached hydrogens (tertiary/aromatic N) is 2. The molecule has 2 aromatic rings. The highest BCUT2D eigenvalue weighted by atomic mass is 32.2. The van der Waals surface area contributed by atoms with Crippen LogP contribution in [0.4, 0.5) is 13.2 Å². The van der Waals surface area contributed by atoms with Crippen LogP contribution in [0.15, 0.2) is 47.4 Å². The second-order valence-corrected chi connectivity index (χ2v) is 11.1. The van der Waals surface area contributed by atoms with Crippen LogP contribution < -0.4 is 5.32 Å². The number of hydrogen-bond acceptors (Lipinski definition) is 7. The maximum atomic E-state index is 13.0. The quantitative estimate of drug-likeness (QED) is 0.542. The zero-order valence-corrected chi connectivity index (χ0v) is 20.1. The molecule has 0 saturated carbocycles. The number of piperazine rings is 1. The molecule has 0 spiro atoms. The van der Waals surface area contributed by atoms with Gasteiger partial charge in [0.15, 0.2) is 9.84 Å². The van der Waals surface area contributed by atoms with Crippen LogP contribution in [0.3, 0.4) is 0 Å². The molecule has 180 valence electrons. The summed E-state index contributed by atoms with van der Waals surface area (Å²) < 4.78 is 62.8. The van der Waals surface area contributed by atoms with E-state index in [0.29, 0.717) is 23.5 Å². The molecule has 0 bridgehead atoms. The Kier molecular flexibility index (Phi) is 7.99. The minimum absolute atomic E-state index is 0.176. The third-order valence-electron chi connectivity index (χ3n) is 5.35. The second kappa shape index (κ2) is 10.4.